The number of fused-ring (bicyclic) bond motifs is 3. The first kappa shape index (κ1) is 22.6. The summed E-state index contributed by atoms with van der Waals surface area (Å²) < 4.78 is 11.0. The van der Waals surface area contributed by atoms with Crippen molar-refractivity contribution in [2.24, 2.45) is 0 Å². The van der Waals surface area contributed by atoms with Gasteiger partial charge in [0.05, 0.1) is 26.4 Å². The molecule has 6 rings (SSSR count). The highest BCUT2D eigenvalue weighted by Crippen LogP contribution is 2.35. The molecule has 2 saturated heterocycles. The number of hydrogen-bond donors (Lipinski definition) is 0. The minimum Gasteiger partial charge on any atom is -0.379 e. The summed E-state index contributed by atoms with van der Waals surface area (Å²) >= 11 is 0. The van der Waals surface area contributed by atoms with Crippen LogP contribution in [0.3, 0.4) is 0 Å². The molecule has 0 N–H and O–H groups in total. The van der Waals surface area contributed by atoms with Crippen molar-refractivity contribution >= 4 is 22.6 Å². The Kier molecular flexibility index (Phi) is 6.49. The summed E-state index contributed by atoms with van der Waals surface area (Å²) in [6.07, 6.45) is 4.59. The number of rotatable bonds is 5. The Morgan fingerprint density at radius 1 is 0.714 bits per heavy atom. The lowest BCUT2D eigenvalue weighted by atomic mass is 9.86. The average molecular weight is 469 g/mol. The van der Waals surface area contributed by atoms with E-state index in [2.05, 4.69) is 64.4 Å². The van der Waals surface area contributed by atoms with Crippen LogP contribution in [0.1, 0.15) is 33.5 Å². The minimum absolute atomic E-state index is 0.212. The van der Waals surface area contributed by atoms with Crippen molar-refractivity contribution in [2.75, 3.05) is 52.6 Å². The van der Waals surface area contributed by atoms with Gasteiger partial charge in [0.25, 0.3) is 0 Å². The van der Waals surface area contributed by atoms with Gasteiger partial charge in [-0.15, -0.1) is 0 Å². The molecule has 3 aromatic carbocycles. The topological polar surface area (TPSA) is 42.0 Å². The van der Waals surface area contributed by atoms with Crippen molar-refractivity contribution in [3.8, 4) is 11.1 Å². The fourth-order valence-corrected chi connectivity index (χ4v) is 5.49. The molecule has 2 heterocycles. The first-order valence-electron chi connectivity index (χ1n) is 12.7. The van der Waals surface area contributed by atoms with E-state index in [4.69, 9.17) is 9.47 Å². The molecular weight excluding hydrogens is 436 g/mol. The molecule has 3 aliphatic rings. The largest absolute Gasteiger partial charge is 0.379 e. The van der Waals surface area contributed by atoms with Crippen molar-refractivity contribution < 1.29 is 14.3 Å². The molecule has 2 aliphatic heterocycles. The lowest BCUT2D eigenvalue weighted by Crippen LogP contribution is -2.35. The number of allylic oxidation sites excluding steroid dienone is 1. The van der Waals surface area contributed by atoms with E-state index in [1.54, 1.807) is 0 Å². The lowest BCUT2D eigenvalue weighted by molar-refractivity contribution is 0.0341. The summed E-state index contributed by atoms with van der Waals surface area (Å²) in [6.45, 7) is 8.93. The molecule has 5 nitrogen and oxygen atoms in total. The molecule has 0 saturated carbocycles. The first-order valence-corrected chi connectivity index (χ1v) is 12.7. The Balaban J connectivity index is 1.34. The molecule has 0 bridgehead atoms. The number of Topliss-reactive ketones (excluding diaryl/α,β-unsaturated/α-hetero) is 1. The zero-order valence-corrected chi connectivity index (χ0v) is 20.2. The molecule has 2 fully saturated rings. The second kappa shape index (κ2) is 10.0. The number of morpholine rings is 2. The number of nitrogens with zero attached hydrogens (tertiary/aromatic N) is 2. The van der Waals surface area contributed by atoms with E-state index in [9.17, 15) is 4.79 Å². The molecule has 180 valence electrons. The molecule has 0 radical (unpaired) electrons. The Morgan fingerprint density at radius 2 is 1.37 bits per heavy atom. The maximum atomic E-state index is 13.0. The molecule has 0 amide bonds. The molecular formula is C30H32N2O3. The molecule has 0 aromatic heterocycles. The Morgan fingerprint density at radius 3 is 2.09 bits per heavy atom. The van der Waals surface area contributed by atoms with Gasteiger partial charge < -0.3 is 9.47 Å². The van der Waals surface area contributed by atoms with E-state index in [-0.39, 0.29) is 5.78 Å². The van der Waals surface area contributed by atoms with E-state index in [1.165, 1.54) is 22.1 Å². The van der Waals surface area contributed by atoms with Gasteiger partial charge in [-0.25, -0.2) is 0 Å². The summed E-state index contributed by atoms with van der Waals surface area (Å²) in [5, 5.41) is 2.27. The Bertz CT molecular complexity index is 1250. The Labute approximate surface area is 206 Å². The third-order valence-electron chi connectivity index (χ3n) is 7.43. The number of ketones is 1. The van der Waals surface area contributed by atoms with Crippen molar-refractivity contribution in [3.05, 3.63) is 76.9 Å². The summed E-state index contributed by atoms with van der Waals surface area (Å²) in [6, 6.07) is 17.8. The van der Waals surface area contributed by atoms with Gasteiger partial charge >= 0.3 is 0 Å². The average Bonchev–Trinajstić information content (AvgIpc) is 2.90. The molecule has 1 aliphatic carbocycles. The van der Waals surface area contributed by atoms with Crippen molar-refractivity contribution in [1.82, 2.24) is 9.80 Å². The zero-order valence-electron chi connectivity index (χ0n) is 20.2. The highest BCUT2D eigenvalue weighted by Gasteiger charge is 2.21. The van der Waals surface area contributed by atoms with Crippen molar-refractivity contribution in [1.29, 1.82) is 0 Å². The van der Waals surface area contributed by atoms with Gasteiger partial charge in [-0.05, 0) is 50.7 Å². The van der Waals surface area contributed by atoms with Crippen LogP contribution in [0.15, 0.2) is 54.6 Å². The van der Waals surface area contributed by atoms with Gasteiger partial charge in [-0.1, -0.05) is 48.6 Å². The number of carbonyl (C=O) groups is 1. The molecule has 0 unspecified atom stereocenters. The van der Waals surface area contributed by atoms with Crippen LogP contribution in [0, 0.1) is 0 Å². The molecule has 0 spiro atoms. The van der Waals surface area contributed by atoms with Gasteiger partial charge in [0.1, 0.15) is 0 Å². The second-order valence-electron chi connectivity index (χ2n) is 9.76. The second-order valence-corrected chi connectivity index (χ2v) is 9.76. The van der Waals surface area contributed by atoms with Crippen LogP contribution in [0.5, 0.6) is 0 Å². The van der Waals surface area contributed by atoms with Gasteiger partial charge in [-0.3, -0.25) is 14.6 Å². The number of carbonyl (C=O) groups excluding carboxylic acids is 1. The smallest absolute Gasteiger partial charge is 0.167 e. The molecule has 5 heteroatoms. The van der Waals surface area contributed by atoms with E-state index >= 15 is 0 Å². The molecule has 0 atom stereocenters. The van der Waals surface area contributed by atoms with Crippen molar-refractivity contribution in [2.45, 2.75) is 19.5 Å². The van der Waals surface area contributed by atoms with Gasteiger partial charge in [0, 0.05) is 51.3 Å². The molecule has 35 heavy (non-hydrogen) atoms. The third kappa shape index (κ3) is 4.82. The van der Waals surface area contributed by atoms with E-state index in [1.807, 2.05) is 6.08 Å². The van der Waals surface area contributed by atoms with Crippen LogP contribution >= 0.6 is 0 Å². The van der Waals surface area contributed by atoms with E-state index < -0.39 is 0 Å². The summed E-state index contributed by atoms with van der Waals surface area (Å²) in [5.74, 6) is 0.212. The van der Waals surface area contributed by atoms with Crippen LogP contribution < -0.4 is 0 Å². The quantitative estimate of drug-likeness (QED) is 0.540. The maximum absolute atomic E-state index is 13.0. The monoisotopic (exact) mass is 468 g/mol. The summed E-state index contributed by atoms with van der Waals surface area (Å²) in [4.78, 5) is 17.9. The number of hydrogen-bond acceptors (Lipinski definition) is 5. The standard InChI is InChI=1S/C30H32N2O3/c33-29-3-1-2-25-18-26(21-32-12-16-35-17-13-32)27-9-8-24(19-28(27)30(25)29)23-6-4-22(5-7-23)20-31-10-14-34-15-11-31/h1-2,4-9,18-19H,3,10-17,20-21H2. The SMILES string of the molecule is O=C1CC=Cc2cc(CN3CCOCC3)c3ccc(-c4ccc(CN5CCOCC5)cc4)cc3c21. The predicted octanol–water partition coefficient (Wildman–Crippen LogP) is 4.77. The normalized spacial score (nSPS) is 19.3. The lowest BCUT2D eigenvalue weighted by Gasteiger charge is -2.28. The minimum atomic E-state index is 0.212. The highest BCUT2D eigenvalue weighted by atomic mass is 16.5. The van der Waals surface area contributed by atoms with Crippen LogP contribution in [0.2, 0.25) is 0 Å². The first-order chi connectivity index (χ1) is 17.2. The van der Waals surface area contributed by atoms with Crippen molar-refractivity contribution in [3.63, 3.8) is 0 Å². The van der Waals surface area contributed by atoms with E-state index in [0.29, 0.717) is 6.42 Å². The van der Waals surface area contributed by atoms with Gasteiger partial charge in [0.2, 0.25) is 0 Å². The summed E-state index contributed by atoms with van der Waals surface area (Å²) in [7, 11) is 0. The van der Waals surface area contributed by atoms with Crippen LogP contribution in [-0.4, -0.2) is 68.2 Å². The zero-order chi connectivity index (χ0) is 23.6. The fourth-order valence-electron chi connectivity index (χ4n) is 5.49. The number of ether oxygens (including phenoxy) is 2. The molecule has 3 aromatic rings. The van der Waals surface area contributed by atoms with Gasteiger partial charge in [-0.2, -0.15) is 0 Å². The van der Waals surface area contributed by atoms with Gasteiger partial charge in [0.15, 0.2) is 5.78 Å². The van der Waals surface area contributed by atoms with E-state index in [0.717, 1.165) is 87.8 Å². The third-order valence-corrected chi connectivity index (χ3v) is 7.43. The predicted molar refractivity (Wildman–Crippen MR) is 140 cm³/mol. The fraction of sp³-hybridized carbons (Fsp3) is 0.367. The number of benzene rings is 3. The van der Waals surface area contributed by atoms with Crippen LogP contribution in [0.4, 0.5) is 0 Å². The Hall–Kier alpha value is -2.83. The maximum Gasteiger partial charge on any atom is 0.167 e. The highest BCUT2D eigenvalue weighted by molar-refractivity contribution is 6.14. The van der Waals surface area contributed by atoms with Crippen LogP contribution in [0.25, 0.3) is 28.0 Å². The van der Waals surface area contributed by atoms with Crippen LogP contribution in [-0.2, 0) is 22.6 Å². The summed E-state index contributed by atoms with van der Waals surface area (Å²) in [5.41, 5.74) is 6.87.